The minimum atomic E-state index is -0.978. The number of ether oxygens (including phenoxy) is 1. The molecule has 188 valence electrons. The Labute approximate surface area is 206 Å². The summed E-state index contributed by atoms with van der Waals surface area (Å²) >= 11 is 0.967. The van der Waals surface area contributed by atoms with E-state index in [9.17, 15) is 23.8 Å². The van der Waals surface area contributed by atoms with Gasteiger partial charge in [0.05, 0.1) is 36.0 Å². The Morgan fingerprint density at radius 1 is 1.26 bits per heavy atom. The number of aromatic nitrogens is 1. The summed E-state index contributed by atoms with van der Waals surface area (Å²) in [5.74, 6) is -2.03. The fourth-order valence-electron chi connectivity index (χ4n) is 3.35. The van der Waals surface area contributed by atoms with Gasteiger partial charge in [0.25, 0.3) is 5.91 Å². The number of carbonyl (C=O) groups excluding carboxylic acids is 1. The van der Waals surface area contributed by atoms with Crippen LogP contribution in [-0.2, 0) is 11.2 Å². The van der Waals surface area contributed by atoms with Crippen LogP contribution < -0.4 is 11.1 Å². The maximum absolute atomic E-state index is 14.8. The molecule has 0 bridgehead atoms. The van der Waals surface area contributed by atoms with Crippen molar-refractivity contribution in [3.8, 4) is 10.4 Å². The van der Waals surface area contributed by atoms with Crippen LogP contribution in [0, 0.1) is 11.6 Å². The lowest BCUT2D eigenvalue weighted by molar-refractivity contribution is -0.0199. The molecule has 10 heteroatoms. The first-order chi connectivity index (χ1) is 16.5. The van der Waals surface area contributed by atoms with E-state index in [-0.39, 0.29) is 28.2 Å². The maximum atomic E-state index is 14.8. The van der Waals surface area contributed by atoms with Gasteiger partial charge in [0.1, 0.15) is 22.5 Å². The molecule has 0 aliphatic carbocycles. The van der Waals surface area contributed by atoms with Crippen LogP contribution in [0.15, 0.2) is 36.4 Å². The number of carbonyl (C=O) groups is 1. The van der Waals surface area contributed by atoms with Crippen LogP contribution in [0.1, 0.15) is 54.9 Å². The molecule has 0 saturated carbocycles. The second-order valence-electron chi connectivity index (χ2n) is 8.76. The lowest BCUT2D eigenvalue weighted by atomic mass is 10.0. The Kier molecular flexibility index (Phi) is 8.55. The summed E-state index contributed by atoms with van der Waals surface area (Å²) in [6.45, 7) is 5.56. The minimum Gasteiger partial charge on any atom is -0.388 e. The van der Waals surface area contributed by atoms with Gasteiger partial charge in [-0.25, -0.2) is 13.8 Å². The van der Waals surface area contributed by atoms with Gasteiger partial charge >= 0.3 is 0 Å². The van der Waals surface area contributed by atoms with Gasteiger partial charge in [-0.1, -0.05) is 13.0 Å². The number of aliphatic hydroxyl groups excluding tert-OH is 1. The third-order valence-electron chi connectivity index (χ3n) is 5.09. The lowest BCUT2D eigenvalue weighted by Gasteiger charge is -2.16. The Bertz CT molecular complexity index is 1170. The molecule has 3 aromatic rings. The number of primary amides is 1. The molecule has 35 heavy (non-hydrogen) atoms. The van der Waals surface area contributed by atoms with Crippen molar-refractivity contribution in [3.63, 3.8) is 0 Å². The monoisotopic (exact) mass is 505 g/mol. The van der Waals surface area contributed by atoms with Crippen molar-refractivity contribution in [1.82, 2.24) is 4.98 Å². The van der Waals surface area contributed by atoms with Crippen molar-refractivity contribution >= 4 is 28.1 Å². The number of hydrogen-bond acceptors (Lipinski definition) is 7. The Morgan fingerprint density at radius 3 is 2.54 bits per heavy atom. The van der Waals surface area contributed by atoms with Gasteiger partial charge in [-0.2, -0.15) is 0 Å². The lowest BCUT2D eigenvalue weighted by Crippen LogP contribution is -2.26. The number of nitrogens with zero attached hydrogens (tertiary/aromatic N) is 1. The largest absolute Gasteiger partial charge is 0.388 e. The van der Waals surface area contributed by atoms with Crippen LogP contribution in [0.3, 0.4) is 0 Å². The quantitative estimate of drug-likeness (QED) is 0.281. The number of pyridine rings is 1. The number of nitrogens with one attached hydrogen (secondary N) is 1. The van der Waals surface area contributed by atoms with Crippen LogP contribution in [0.2, 0.25) is 0 Å². The third-order valence-corrected chi connectivity index (χ3v) is 6.15. The van der Waals surface area contributed by atoms with Crippen molar-refractivity contribution in [2.24, 2.45) is 5.73 Å². The Balaban J connectivity index is 1.84. The highest BCUT2D eigenvalue weighted by Gasteiger charge is 2.22. The SMILES string of the molecule is CCC(O)c1cc(F)c(-c2cc(C(N)=O)c(Nc3cccc(CCOCC(C)(C)O)n3)s2)c(F)c1. The third kappa shape index (κ3) is 7.04. The standard InChI is InChI=1S/C25H29F2N3O4S/c1-4-19(31)14-10-17(26)22(18(27)11-14)20-12-16(23(28)32)24(35-20)30-21-7-5-6-15(29-21)8-9-34-13-25(2,3)33/h5-7,10-12,19,31,33H,4,8-9,13H2,1-3H3,(H2,28,32)(H,29,30). The summed E-state index contributed by atoms with van der Waals surface area (Å²) in [4.78, 5) is 16.7. The Hall–Kier alpha value is -2.92. The minimum absolute atomic E-state index is 0.0715. The van der Waals surface area contributed by atoms with E-state index < -0.39 is 29.2 Å². The van der Waals surface area contributed by atoms with E-state index in [1.54, 1.807) is 32.9 Å². The van der Waals surface area contributed by atoms with E-state index in [2.05, 4.69) is 10.3 Å². The van der Waals surface area contributed by atoms with Crippen molar-refractivity contribution in [2.45, 2.75) is 45.3 Å². The van der Waals surface area contributed by atoms with Crippen LogP contribution >= 0.6 is 11.3 Å². The molecule has 1 atom stereocenters. The van der Waals surface area contributed by atoms with Gasteiger partial charge in [0, 0.05) is 17.0 Å². The predicted molar refractivity (Wildman–Crippen MR) is 132 cm³/mol. The maximum Gasteiger partial charge on any atom is 0.251 e. The zero-order valence-electron chi connectivity index (χ0n) is 19.8. The van der Waals surface area contributed by atoms with Crippen molar-refractivity contribution in [3.05, 3.63) is 64.9 Å². The molecule has 0 spiro atoms. The highest BCUT2D eigenvalue weighted by molar-refractivity contribution is 7.20. The highest BCUT2D eigenvalue weighted by atomic mass is 32.1. The molecule has 0 fully saturated rings. The number of hydrogen-bond donors (Lipinski definition) is 4. The molecule has 1 amide bonds. The number of benzene rings is 1. The second-order valence-corrected chi connectivity index (χ2v) is 9.81. The zero-order valence-corrected chi connectivity index (χ0v) is 20.6. The molecule has 5 N–H and O–H groups in total. The topological polar surface area (TPSA) is 118 Å². The first-order valence-electron chi connectivity index (χ1n) is 11.1. The molecule has 0 aliphatic rings. The van der Waals surface area contributed by atoms with Crippen molar-refractivity contribution in [2.75, 3.05) is 18.5 Å². The molecule has 1 aromatic carbocycles. The normalized spacial score (nSPS) is 12.5. The molecule has 0 saturated heterocycles. The summed E-state index contributed by atoms with van der Waals surface area (Å²) in [6, 6.07) is 8.79. The summed E-state index contributed by atoms with van der Waals surface area (Å²) < 4.78 is 35.1. The second kappa shape index (κ2) is 11.2. The average molecular weight is 506 g/mol. The molecule has 1 unspecified atom stereocenters. The fourth-order valence-corrected chi connectivity index (χ4v) is 4.47. The predicted octanol–water partition coefficient (Wildman–Crippen LogP) is 4.70. The van der Waals surface area contributed by atoms with Gasteiger partial charge in [0.2, 0.25) is 0 Å². The molecular weight excluding hydrogens is 476 g/mol. The van der Waals surface area contributed by atoms with Crippen molar-refractivity contribution in [1.29, 1.82) is 0 Å². The average Bonchev–Trinajstić information content (AvgIpc) is 3.18. The van der Waals surface area contributed by atoms with E-state index >= 15 is 0 Å². The van der Waals surface area contributed by atoms with Gasteiger partial charge in [0.15, 0.2) is 0 Å². The molecule has 7 nitrogen and oxygen atoms in total. The molecule has 3 rings (SSSR count). The fraction of sp³-hybridized carbons (Fsp3) is 0.360. The number of amides is 1. The summed E-state index contributed by atoms with van der Waals surface area (Å²) in [7, 11) is 0. The number of anilines is 2. The molecule has 2 heterocycles. The van der Waals surface area contributed by atoms with E-state index in [4.69, 9.17) is 10.5 Å². The molecule has 0 radical (unpaired) electrons. The Morgan fingerprint density at radius 2 is 1.94 bits per heavy atom. The van der Waals surface area contributed by atoms with Gasteiger partial charge in [-0.3, -0.25) is 4.79 Å². The van der Waals surface area contributed by atoms with E-state index in [0.29, 0.717) is 36.0 Å². The smallest absolute Gasteiger partial charge is 0.251 e. The molecule has 0 aliphatic heterocycles. The van der Waals surface area contributed by atoms with Crippen LogP contribution in [0.25, 0.3) is 10.4 Å². The number of nitrogens with two attached hydrogens (primary N) is 1. The summed E-state index contributed by atoms with van der Waals surface area (Å²) in [6.07, 6.45) is -0.167. The zero-order chi connectivity index (χ0) is 25.8. The highest BCUT2D eigenvalue weighted by Crippen LogP contribution is 2.40. The molecular formula is C25H29F2N3O4S. The summed E-state index contributed by atoms with van der Waals surface area (Å²) in [5, 5.41) is 23.0. The van der Waals surface area contributed by atoms with Crippen LogP contribution in [0.4, 0.5) is 19.6 Å². The number of aliphatic hydroxyl groups is 2. The van der Waals surface area contributed by atoms with E-state index in [1.807, 2.05) is 6.07 Å². The van der Waals surface area contributed by atoms with Crippen LogP contribution in [-0.4, -0.2) is 39.9 Å². The number of thiophene rings is 1. The van der Waals surface area contributed by atoms with Gasteiger partial charge in [-0.05, 0) is 56.2 Å². The first kappa shape index (κ1) is 26.7. The molecule has 2 aromatic heterocycles. The number of rotatable bonds is 11. The first-order valence-corrected chi connectivity index (χ1v) is 11.9. The van der Waals surface area contributed by atoms with Crippen molar-refractivity contribution < 1.29 is 28.5 Å². The summed E-state index contributed by atoms with van der Waals surface area (Å²) in [5.41, 5.74) is 5.22. The van der Waals surface area contributed by atoms with E-state index in [0.717, 1.165) is 23.5 Å². The van der Waals surface area contributed by atoms with Gasteiger partial charge in [-0.15, -0.1) is 11.3 Å². The van der Waals surface area contributed by atoms with Crippen LogP contribution in [0.5, 0.6) is 0 Å². The number of halogens is 2. The van der Waals surface area contributed by atoms with E-state index in [1.165, 1.54) is 6.07 Å². The van der Waals surface area contributed by atoms with Gasteiger partial charge < -0.3 is 26.0 Å².